The first-order valence-electron chi connectivity index (χ1n) is 11.9. The molecule has 2 atom stereocenters. The van der Waals surface area contributed by atoms with E-state index in [2.05, 4.69) is 9.71 Å². The van der Waals surface area contributed by atoms with Crippen LogP contribution < -0.4 is 9.46 Å². The smallest absolute Gasteiger partial charge is 0.269 e. The zero-order valence-corrected chi connectivity index (χ0v) is 21.8. The molecule has 1 aromatic heterocycles. The maximum Gasteiger partial charge on any atom is 0.269 e. The van der Waals surface area contributed by atoms with Gasteiger partial charge in [0.1, 0.15) is 5.75 Å². The van der Waals surface area contributed by atoms with Gasteiger partial charge in [-0.1, -0.05) is 12.1 Å². The number of fused-ring (bicyclic) bond motifs is 1. The highest BCUT2D eigenvalue weighted by molar-refractivity contribution is 7.92. The fraction of sp³-hybridized carbons (Fsp3) is 0.360. The minimum Gasteiger partial charge on any atom is -0.483 e. The number of pyridine rings is 1. The quantitative estimate of drug-likeness (QED) is 0.289. The van der Waals surface area contributed by atoms with Crippen LogP contribution in [0, 0.1) is 10.1 Å². The van der Waals surface area contributed by atoms with Crippen molar-refractivity contribution in [1.82, 2.24) is 14.8 Å². The highest BCUT2D eigenvalue weighted by Crippen LogP contribution is 2.31. The molecule has 1 fully saturated rings. The molecule has 0 unspecified atom stereocenters. The minimum absolute atomic E-state index is 0.0427. The Bertz CT molecular complexity index is 1450. The maximum atomic E-state index is 13.0. The number of rotatable bonds is 10. The van der Waals surface area contributed by atoms with E-state index >= 15 is 0 Å². The van der Waals surface area contributed by atoms with Crippen LogP contribution in [0.25, 0.3) is 10.9 Å². The highest BCUT2D eigenvalue weighted by Gasteiger charge is 2.30. The molecular weight excluding hydrogens is 514 g/mol. The Morgan fingerprint density at radius 1 is 1.32 bits per heavy atom. The van der Waals surface area contributed by atoms with Crippen LogP contribution in [0.4, 0.5) is 11.4 Å². The number of nitrogens with zero attached hydrogens (tertiary/aromatic N) is 4. The fourth-order valence-electron chi connectivity index (χ4n) is 4.49. The van der Waals surface area contributed by atoms with E-state index in [-0.39, 0.29) is 30.8 Å². The molecule has 202 valence electrons. The predicted octanol–water partition coefficient (Wildman–Crippen LogP) is 2.16. The number of nitro benzene ring substituents is 1. The van der Waals surface area contributed by atoms with Crippen LogP contribution >= 0.6 is 0 Å². The molecule has 1 aliphatic rings. The molecule has 0 aliphatic carbocycles. The molecule has 38 heavy (non-hydrogen) atoms. The van der Waals surface area contributed by atoms with Gasteiger partial charge >= 0.3 is 0 Å². The summed E-state index contributed by atoms with van der Waals surface area (Å²) in [6.07, 6.45) is 2.66. The first-order chi connectivity index (χ1) is 18.0. The zero-order valence-electron chi connectivity index (χ0n) is 21.0. The van der Waals surface area contributed by atoms with Crippen LogP contribution in [-0.2, 0) is 14.8 Å². The number of carbonyl (C=O) groups is 1. The van der Waals surface area contributed by atoms with Crippen LogP contribution in [-0.4, -0.2) is 84.8 Å². The number of β-amino-alcohol motifs (C(OH)–C–C–N with tert-alkyl or cyclic N) is 1. The standard InChI is InChI=1S/C25H29N5O7S/c1-28(15-22(29-12-10-19(31)14-29)17-5-3-6-18(13-17)30(33)34)24(32)16-37-23-9-8-21(27-38(2,35)36)25-20(23)7-4-11-26-25/h3-9,11,13,19,22,27,31H,10,12,14-16H2,1-2H3/t19-,22-/m0/s1. The van der Waals surface area contributed by atoms with Crippen molar-refractivity contribution >= 4 is 38.2 Å². The number of hydrogen-bond acceptors (Lipinski definition) is 9. The molecule has 3 aromatic rings. The van der Waals surface area contributed by atoms with E-state index in [1.165, 1.54) is 29.3 Å². The number of carbonyl (C=O) groups excluding carboxylic acids is 1. The van der Waals surface area contributed by atoms with Gasteiger partial charge in [-0.3, -0.25) is 29.5 Å². The van der Waals surface area contributed by atoms with Crippen molar-refractivity contribution in [3.63, 3.8) is 0 Å². The molecule has 4 rings (SSSR count). The van der Waals surface area contributed by atoms with Crippen molar-refractivity contribution < 1.29 is 28.0 Å². The van der Waals surface area contributed by atoms with Gasteiger partial charge in [0.25, 0.3) is 11.6 Å². The summed E-state index contributed by atoms with van der Waals surface area (Å²) < 4.78 is 31.7. The van der Waals surface area contributed by atoms with E-state index < -0.39 is 21.1 Å². The summed E-state index contributed by atoms with van der Waals surface area (Å²) in [6, 6.07) is 12.4. The third-order valence-electron chi connectivity index (χ3n) is 6.35. The Morgan fingerprint density at radius 2 is 2.11 bits per heavy atom. The number of likely N-dealkylation sites (tertiary alicyclic amines) is 1. The number of aliphatic hydroxyl groups excluding tert-OH is 1. The number of benzene rings is 2. The first-order valence-corrected chi connectivity index (χ1v) is 13.8. The van der Waals surface area contributed by atoms with Gasteiger partial charge in [0.15, 0.2) is 6.61 Å². The number of anilines is 1. The molecule has 1 saturated heterocycles. The highest BCUT2D eigenvalue weighted by atomic mass is 32.2. The third-order valence-corrected chi connectivity index (χ3v) is 6.94. The number of amides is 1. The van der Waals surface area contributed by atoms with E-state index in [0.717, 1.165) is 6.26 Å². The summed E-state index contributed by atoms with van der Waals surface area (Å²) in [4.78, 5) is 31.7. The third kappa shape index (κ3) is 6.54. The van der Waals surface area contributed by atoms with Crippen LogP contribution in [0.1, 0.15) is 18.0 Å². The molecule has 0 saturated carbocycles. The lowest BCUT2D eigenvalue weighted by Gasteiger charge is -2.31. The summed E-state index contributed by atoms with van der Waals surface area (Å²) in [5.41, 5.74) is 1.32. The average molecular weight is 544 g/mol. The predicted molar refractivity (Wildman–Crippen MR) is 141 cm³/mol. The van der Waals surface area contributed by atoms with Crippen molar-refractivity contribution in [2.45, 2.75) is 18.6 Å². The number of nitro groups is 1. The van der Waals surface area contributed by atoms with Crippen molar-refractivity contribution in [2.75, 3.05) is 44.3 Å². The summed E-state index contributed by atoms with van der Waals surface area (Å²) >= 11 is 0. The lowest BCUT2D eigenvalue weighted by molar-refractivity contribution is -0.385. The van der Waals surface area contributed by atoms with Crippen molar-refractivity contribution in [3.8, 4) is 5.75 Å². The Balaban J connectivity index is 1.50. The lowest BCUT2D eigenvalue weighted by Crippen LogP contribution is -2.40. The molecule has 12 nitrogen and oxygen atoms in total. The Hall–Kier alpha value is -3.81. The number of ether oxygens (including phenoxy) is 1. The minimum atomic E-state index is -3.52. The largest absolute Gasteiger partial charge is 0.483 e. The van der Waals surface area contributed by atoms with Crippen LogP contribution in [0.2, 0.25) is 0 Å². The van der Waals surface area contributed by atoms with Crippen molar-refractivity contribution in [2.24, 2.45) is 0 Å². The van der Waals surface area contributed by atoms with Crippen molar-refractivity contribution in [1.29, 1.82) is 0 Å². The van der Waals surface area contributed by atoms with E-state index in [9.17, 15) is 28.4 Å². The summed E-state index contributed by atoms with van der Waals surface area (Å²) in [5.74, 6) is 0.0438. The SMILES string of the molecule is CN(C[C@@H](c1cccc([N+](=O)[O-])c1)N1CC[C@H](O)C1)C(=O)COc1ccc(NS(C)(=O)=O)c2ncccc12. The summed E-state index contributed by atoms with van der Waals surface area (Å²) in [6.45, 7) is 0.942. The Morgan fingerprint density at radius 3 is 2.79 bits per heavy atom. The molecule has 2 aromatic carbocycles. The number of sulfonamides is 1. The summed E-state index contributed by atoms with van der Waals surface area (Å²) in [5, 5.41) is 21.9. The normalized spacial score (nSPS) is 16.8. The Kier molecular flexibility index (Phi) is 8.09. The number of non-ortho nitro benzene ring substituents is 1. The maximum absolute atomic E-state index is 13.0. The van der Waals surface area contributed by atoms with Gasteiger partial charge < -0.3 is 14.7 Å². The number of likely N-dealkylation sites (N-methyl/N-ethyl adjacent to an activating group) is 1. The molecular formula is C25H29N5O7S. The van der Waals surface area contributed by atoms with E-state index in [4.69, 9.17) is 4.74 Å². The second-order valence-electron chi connectivity index (χ2n) is 9.25. The van der Waals surface area contributed by atoms with E-state index in [0.29, 0.717) is 47.4 Å². The fourth-order valence-corrected chi connectivity index (χ4v) is 5.06. The van der Waals surface area contributed by atoms with Crippen LogP contribution in [0.3, 0.4) is 0 Å². The van der Waals surface area contributed by atoms with Gasteiger partial charge in [-0.25, -0.2) is 8.42 Å². The molecule has 0 spiro atoms. The topological polar surface area (TPSA) is 155 Å². The Labute approximate surface area is 220 Å². The summed E-state index contributed by atoms with van der Waals surface area (Å²) in [7, 11) is -1.89. The van der Waals surface area contributed by atoms with Crippen molar-refractivity contribution in [3.05, 3.63) is 70.4 Å². The van der Waals surface area contributed by atoms with E-state index in [1.807, 2.05) is 4.90 Å². The molecule has 0 radical (unpaired) electrons. The number of hydrogen-bond donors (Lipinski definition) is 2. The number of nitrogens with one attached hydrogen (secondary N) is 1. The second-order valence-corrected chi connectivity index (χ2v) is 11.0. The van der Waals surface area contributed by atoms with Gasteiger partial charge in [0.2, 0.25) is 10.0 Å². The molecule has 13 heteroatoms. The molecule has 1 aliphatic heterocycles. The first kappa shape index (κ1) is 27.2. The van der Waals surface area contributed by atoms with Crippen LogP contribution in [0.15, 0.2) is 54.7 Å². The monoisotopic (exact) mass is 543 g/mol. The van der Waals surface area contributed by atoms with Gasteiger partial charge in [-0.05, 0) is 36.2 Å². The molecule has 0 bridgehead atoms. The van der Waals surface area contributed by atoms with Crippen LogP contribution in [0.5, 0.6) is 5.75 Å². The second kappa shape index (κ2) is 11.3. The number of aliphatic hydroxyl groups is 1. The van der Waals surface area contributed by atoms with Gasteiger partial charge in [-0.15, -0.1) is 0 Å². The van der Waals surface area contributed by atoms with Gasteiger partial charge in [-0.2, -0.15) is 0 Å². The lowest BCUT2D eigenvalue weighted by atomic mass is 10.0. The molecule has 1 amide bonds. The van der Waals surface area contributed by atoms with Gasteiger partial charge in [0.05, 0.1) is 34.5 Å². The van der Waals surface area contributed by atoms with Gasteiger partial charge in [0, 0.05) is 50.4 Å². The zero-order chi connectivity index (χ0) is 27.4. The average Bonchev–Trinajstić information content (AvgIpc) is 3.31. The molecule has 2 heterocycles. The van der Waals surface area contributed by atoms with E-state index in [1.54, 1.807) is 37.4 Å². The number of aromatic nitrogens is 1. The molecule has 2 N–H and O–H groups in total.